The molecule has 0 saturated heterocycles. The van der Waals surface area contributed by atoms with Crippen molar-refractivity contribution in [2.45, 2.75) is 26.2 Å². The molecule has 0 aliphatic heterocycles. The zero-order valence-electron chi connectivity index (χ0n) is 10.8. The highest BCUT2D eigenvalue weighted by Crippen LogP contribution is 2.07. The fraction of sp³-hybridized carbons (Fsp3) is 0.357. The van der Waals surface area contributed by atoms with Gasteiger partial charge in [-0.05, 0) is 13.3 Å². The third-order valence-electron chi connectivity index (χ3n) is 2.54. The molecular weight excluding hydrogens is 244 g/mol. The van der Waals surface area contributed by atoms with Gasteiger partial charge in [0, 0.05) is 12.0 Å². The third-order valence-corrected chi connectivity index (χ3v) is 2.54. The smallest absolute Gasteiger partial charge is 0.416 e. The highest BCUT2D eigenvalue weighted by Gasteiger charge is 2.21. The van der Waals surface area contributed by atoms with Gasteiger partial charge < -0.3 is 10.3 Å². The summed E-state index contributed by atoms with van der Waals surface area (Å²) >= 11 is 0. The van der Waals surface area contributed by atoms with E-state index in [4.69, 9.17) is 10.3 Å². The number of benzene rings is 1. The number of nitrogens with zero attached hydrogens (tertiary/aromatic N) is 2. The van der Waals surface area contributed by atoms with Crippen LogP contribution < -0.4 is 0 Å². The van der Waals surface area contributed by atoms with Crippen LogP contribution in [0.15, 0.2) is 30.3 Å². The molecule has 0 spiro atoms. The van der Waals surface area contributed by atoms with Gasteiger partial charge in [-0.25, -0.2) is 4.79 Å². The predicted molar refractivity (Wildman–Crippen MR) is 69.9 cm³/mol. The van der Waals surface area contributed by atoms with E-state index in [0.29, 0.717) is 18.4 Å². The van der Waals surface area contributed by atoms with Crippen LogP contribution in [0.3, 0.4) is 0 Å². The Morgan fingerprint density at radius 1 is 1.21 bits per heavy atom. The highest BCUT2D eigenvalue weighted by atomic mass is 16.5. The summed E-state index contributed by atoms with van der Waals surface area (Å²) in [4.78, 5) is 26.0. The first-order chi connectivity index (χ1) is 9.19. The van der Waals surface area contributed by atoms with Gasteiger partial charge in [0.05, 0.1) is 13.0 Å². The molecule has 0 aliphatic carbocycles. The molecule has 0 amide bonds. The lowest BCUT2D eigenvalue weighted by Gasteiger charge is -2.00. The summed E-state index contributed by atoms with van der Waals surface area (Å²) in [6.45, 7) is 1.90. The Labute approximate surface area is 111 Å². The molecule has 0 atom stereocenters. The molecular formula is C14H16N2O3. The van der Waals surface area contributed by atoms with E-state index < -0.39 is 5.97 Å². The molecule has 0 N–H and O–H groups in total. The second kappa shape index (κ2) is 7.95. The molecule has 1 aromatic rings. The average Bonchev–Trinajstić information content (AvgIpc) is 2.44. The van der Waals surface area contributed by atoms with Crippen LogP contribution in [0.2, 0.25) is 0 Å². The first-order valence-corrected chi connectivity index (χ1v) is 6.15. The van der Waals surface area contributed by atoms with Crippen molar-refractivity contribution in [3.8, 4) is 0 Å². The topological polar surface area (TPSA) is 79.8 Å². The molecule has 5 nitrogen and oxygen atoms in total. The highest BCUT2D eigenvalue weighted by molar-refractivity contribution is 6.33. The molecule has 0 fully saturated rings. The molecule has 0 aliphatic rings. The fourth-order valence-electron chi connectivity index (χ4n) is 1.59. The van der Waals surface area contributed by atoms with Crippen LogP contribution in [0.4, 0.5) is 0 Å². The van der Waals surface area contributed by atoms with Gasteiger partial charge >= 0.3 is 11.7 Å². The SMILES string of the molecule is CCOC(=O)C(CCCC(=O)c1ccccc1)=[N+]=[N-]. The van der Waals surface area contributed by atoms with Crippen LogP contribution in [0, 0.1) is 0 Å². The van der Waals surface area contributed by atoms with Gasteiger partial charge in [-0.3, -0.25) is 4.79 Å². The minimum absolute atomic E-state index is 0.00162. The first-order valence-electron chi connectivity index (χ1n) is 6.15. The predicted octanol–water partition coefficient (Wildman–Crippen LogP) is 2.27. The van der Waals surface area contributed by atoms with Crippen LogP contribution in [0.5, 0.6) is 0 Å². The molecule has 5 heteroatoms. The summed E-state index contributed by atoms with van der Waals surface area (Å²) in [7, 11) is 0. The van der Waals surface area contributed by atoms with E-state index in [1.807, 2.05) is 6.07 Å². The normalized spacial score (nSPS) is 9.53. The number of hydrogen-bond acceptors (Lipinski definition) is 3. The standard InChI is InChI=1S/C14H16N2O3/c1-2-19-14(18)12(16-15)9-6-10-13(17)11-7-4-3-5-8-11/h3-5,7-8H,2,6,9-10H2,1H3. The van der Waals surface area contributed by atoms with Crippen molar-refractivity contribution in [1.29, 1.82) is 0 Å². The molecule has 0 bridgehead atoms. The van der Waals surface area contributed by atoms with Crippen LogP contribution >= 0.6 is 0 Å². The van der Waals surface area contributed by atoms with E-state index in [1.165, 1.54) is 0 Å². The Morgan fingerprint density at radius 2 is 1.89 bits per heavy atom. The van der Waals surface area contributed by atoms with Crippen LogP contribution in [-0.4, -0.2) is 28.9 Å². The molecule has 19 heavy (non-hydrogen) atoms. The number of ether oxygens (including phenoxy) is 1. The van der Waals surface area contributed by atoms with E-state index in [-0.39, 0.29) is 24.5 Å². The van der Waals surface area contributed by atoms with Gasteiger partial charge in [-0.1, -0.05) is 30.3 Å². The molecule has 0 radical (unpaired) electrons. The van der Waals surface area contributed by atoms with Crippen molar-refractivity contribution in [3.05, 3.63) is 41.4 Å². The molecule has 100 valence electrons. The zero-order chi connectivity index (χ0) is 14.1. The maximum Gasteiger partial charge on any atom is 0.416 e. The number of rotatable bonds is 7. The van der Waals surface area contributed by atoms with Crippen molar-refractivity contribution in [1.82, 2.24) is 0 Å². The first kappa shape index (κ1) is 14.8. The van der Waals surface area contributed by atoms with E-state index in [0.717, 1.165) is 0 Å². The fourth-order valence-corrected chi connectivity index (χ4v) is 1.59. The summed E-state index contributed by atoms with van der Waals surface area (Å²) in [5, 5.41) is 0. The lowest BCUT2D eigenvalue weighted by molar-refractivity contribution is -0.140. The van der Waals surface area contributed by atoms with Crippen molar-refractivity contribution in [2.24, 2.45) is 0 Å². The monoisotopic (exact) mass is 260 g/mol. The molecule has 1 rings (SSSR count). The van der Waals surface area contributed by atoms with Crippen LogP contribution in [0.1, 0.15) is 36.5 Å². The van der Waals surface area contributed by atoms with Crippen molar-refractivity contribution in [3.63, 3.8) is 0 Å². The van der Waals surface area contributed by atoms with Gasteiger partial charge in [0.25, 0.3) is 0 Å². The Kier molecular flexibility index (Phi) is 6.19. The quantitative estimate of drug-likeness (QED) is 0.248. The minimum Gasteiger partial charge on any atom is -0.457 e. The third kappa shape index (κ3) is 4.85. The Morgan fingerprint density at radius 3 is 2.47 bits per heavy atom. The summed E-state index contributed by atoms with van der Waals surface area (Å²) in [6, 6.07) is 8.93. The number of hydrogen-bond donors (Lipinski definition) is 0. The maximum absolute atomic E-state index is 11.8. The van der Waals surface area contributed by atoms with Crippen LogP contribution in [-0.2, 0) is 9.53 Å². The summed E-state index contributed by atoms with van der Waals surface area (Å²) < 4.78 is 4.72. The second-order valence-corrected chi connectivity index (χ2v) is 3.91. The number of Topliss-reactive ketones (excluding diaryl/α,β-unsaturated/α-hetero) is 1. The molecule has 0 saturated carbocycles. The molecule has 0 heterocycles. The summed E-state index contributed by atoms with van der Waals surface area (Å²) in [5.41, 5.74) is 9.29. The lowest BCUT2D eigenvalue weighted by atomic mass is 10.0. The van der Waals surface area contributed by atoms with Gasteiger partial charge in [-0.15, -0.1) is 0 Å². The van der Waals surface area contributed by atoms with Gasteiger partial charge in [0.1, 0.15) is 0 Å². The second-order valence-electron chi connectivity index (χ2n) is 3.91. The number of esters is 1. The summed E-state index contributed by atoms with van der Waals surface area (Å²) in [6.07, 6.45) is 0.947. The van der Waals surface area contributed by atoms with Gasteiger partial charge in [0.15, 0.2) is 5.78 Å². The number of carbonyl (C=O) groups excluding carboxylic acids is 2. The number of carbonyl (C=O) groups is 2. The van der Waals surface area contributed by atoms with E-state index >= 15 is 0 Å². The van der Waals surface area contributed by atoms with Crippen LogP contribution in [0.25, 0.3) is 5.53 Å². The molecule has 0 aromatic heterocycles. The van der Waals surface area contributed by atoms with Crippen molar-refractivity contribution >= 4 is 17.5 Å². The Hall–Kier alpha value is -2.26. The van der Waals surface area contributed by atoms with Crippen molar-refractivity contribution in [2.75, 3.05) is 6.61 Å². The van der Waals surface area contributed by atoms with Gasteiger partial charge in [0.2, 0.25) is 0 Å². The van der Waals surface area contributed by atoms with E-state index in [2.05, 4.69) is 4.79 Å². The van der Waals surface area contributed by atoms with E-state index in [1.54, 1.807) is 31.2 Å². The zero-order valence-corrected chi connectivity index (χ0v) is 10.8. The average molecular weight is 260 g/mol. The summed E-state index contributed by atoms with van der Waals surface area (Å²) in [5.74, 6) is -0.640. The largest absolute Gasteiger partial charge is 0.457 e. The molecule has 1 aromatic carbocycles. The molecule has 0 unspecified atom stereocenters. The Bertz CT molecular complexity index is 491. The lowest BCUT2D eigenvalue weighted by Crippen LogP contribution is -2.18. The van der Waals surface area contributed by atoms with E-state index in [9.17, 15) is 9.59 Å². The number of ketones is 1. The maximum atomic E-state index is 11.8. The Balaban J connectivity index is 2.44. The minimum atomic E-state index is -0.642. The van der Waals surface area contributed by atoms with Crippen molar-refractivity contribution < 1.29 is 19.1 Å². The van der Waals surface area contributed by atoms with Gasteiger partial charge in [-0.2, -0.15) is 4.79 Å².